The number of carbonyl (C=O) groups is 2. The van der Waals surface area contributed by atoms with Crippen LogP contribution in [0.2, 0.25) is 5.02 Å². The molecule has 1 fully saturated rings. The average Bonchev–Trinajstić information content (AvgIpc) is 2.92. The van der Waals surface area contributed by atoms with Crippen LogP contribution in [0.25, 0.3) is 0 Å². The Morgan fingerprint density at radius 3 is 2.55 bits per heavy atom. The number of ether oxygens (including phenoxy) is 2. The van der Waals surface area contributed by atoms with Crippen molar-refractivity contribution in [2.45, 2.75) is 25.8 Å². The number of amides is 1. The first kappa shape index (κ1) is 16.6. The Balaban J connectivity index is 1.97. The van der Waals surface area contributed by atoms with Gasteiger partial charge < -0.3 is 19.9 Å². The highest BCUT2D eigenvalue weighted by atomic mass is 35.5. The number of aryl methyl sites for hydroxylation is 2. The maximum Gasteiger partial charge on any atom is 0.331 e. The second-order valence-corrected chi connectivity index (χ2v) is 5.78. The highest BCUT2D eigenvalue weighted by Crippen LogP contribution is 2.26. The average molecular weight is 328 g/mol. The summed E-state index contributed by atoms with van der Waals surface area (Å²) in [6, 6.07) is 3.46. The van der Waals surface area contributed by atoms with E-state index in [0.717, 1.165) is 11.1 Å². The minimum atomic E-state index is -1.35. The Hall–Kier alpha value is -1.79. The summed E-state index contributed by atoms with van der Waals surface area (Å²) in [6.45, 7) is 3.70. The normalized spacial score (nSPS) is 20.7. The van der Waals surface area contributed by atoms with E-state index in [1.54, 1.807) is 12.1 Å². The lowest BCUT2D eigenvalue weighted by molar-refractivity contribution is -0.148. The fourth-order valence-electron chi connectivity index (χ4n) is 2.33. The van der Waals surface area contributed by atoms with Gasteiger partial charge in [0, 0.05) is 18.1 Å². The number of halogens is 1. The molecule has 0 aliphatic carbocycles. The second-order valence-electron chi connectivity index (χ2n) is 5.40. The molecule has 0 bridgehead atoms. The molecule has 2 rings (SSSR count). The van der Waals surface area contributed by atoms with Crippen molar-refractivity contribution >= 4 is 23.5 Å². The van der Waals surface area contributed by atoms with Gasteiger partial charge in [-0.2, -0.15) is 0 Å². The van der Waals surface area contributed by atoms with Crippen molar-refractivity contribution in [1.82, 2.24) is 5.32 Å². The van der Waals surface area contributed by atoms with E-state index in [1.165, 1.54) is 0 Å². The molecule has 1 heterocycles. The topological polar surface area (TPSA) is 84.9 Å². The lowest BCUT2D eigenvalue weighted by Gasteiger charge is -2.23. The lowest BCUT2D eigenvalue weighted by atomic mass is 9.99. The zero-order chi connectivity index (χ0) is 16.3. The number of benzene rings is 1. The maximum absolute atomic E-state index is 11.9. The van der Waals surface area contributed by atoms with Gasteiger partial charge >= 0.3 is 5.97 Å². The first-order valence-electron chi connectivity index (χ1n) is 6.86. The molecule has 1 atom stereocenters. The standard InChI is InChI=1S/C15H18ClNO5/c1-9-5-11(6-10(2)13(9)16)22-7-12(18)17-15(14(19)20)3-4-21-8-15/h5-6H,3-4,7-8H2,1-2H3,(H,17,18)(H,19,20). The number of hydrogen-bond acceptors (Lipinski definition) is 4. The first-order valence-corrected chi connectivity index (χ1v) is 7.23. The SMILES string of the molecule is Cc1cc(OCC(=O)NC2(C(=O)O)CCOC2)cc(C)c1Cl. The van der Waals surface area contributed by atoms with Crippen molar-refractivity contribution in [3.05, 3.63) is 28.3 Å². The van der Waals surface area contributed by atoms with E-state index >= 15 is 0 Å². The third-order valence-electron chi connectivity index (χ3n) is 3.59. The van der Waals surface area contributed by atoms with Gasteiger partial charge in [-0.15, -0.1) is 0 Å². The van der Waals surface area contributed by atoms with Gasteiger partial charge in [0.15, 0.2) is 12.1 Å². The van der Waals surface area contributed by atoms with Crippen molar-refractivity contribution in [2.75, 3.05) is 19.8 Å². The third kappa shape index (κ3) is 3.51. The number of rotatable bonds is 5. The van der Waals surface area contributed by atoms with Crippen molar-refractivity contribution in [3.63, 3.8) is 0 Å². The summed E-state index contributed by atoms with van der Waals surface area (Å²) >= 11 is 6.06. The van der Waals surface area contributed by atoms with Crippen LogP contribution >= 0.6 is 11.6 Å². The summed E-state index contributed by atoms with van der Waals surface area (Å²) in [4.78, 5) is 23.2. The van der Waals surface area contributed by atoms with Crippen LogP contribution in [0.15, 0.2) is 12.1 Å². The number of carbonyl (C=O) groups excluding carboxylic acids is 1. The van der Waals surface area contributed by atoms with E-state index in [9.17, 15) is 14.7 Å². The van der Waals surface area contributed by atoms with E-state index in [2.05, 4.69) is 5.32 Å². The van der Waals surface area contributed by atoms with Crippen molar-refractivity contribution in [2.24, 2.45) is 0 Å². The summed E-state index contributed by atoms with van der Waals surface area (Å²) < 4.78 is 10.5. The molecule has 1 aliphatic rings. The van der Waals surface area contributed by atoms with Crippen LogP contribution in [0, 0.1) is 13.8 Å². The molecule has 0 aromatic heterocycles. The molecular weight excluding hydrogens is 310 g/mol. The fraction of sp³-hybridized carbons (Fsp3) is 0.467. The van der Waals surface area contributed by atoms with Crippen LogP contribution in [0.4, 0.5) is 0 Å². The highest BCUT2D eigenvalue weighted by Gasteiger charge is 2.43. The van der Waals surface area contributed by atoms with E-state index in [0.29, 0.717) is 17.4 Å². The molecule has 6 nitrogen and oxygen atoms in total. The van der Waals surface area contributed by atoms with Crippen LogP contribution in [0.1, 0.15) is 17.5 Å². The number of aliphatic carboxylic acids is 1. The van der Waals surface area contributed by atoms with Gasteiger partial charge in [0.25, 0.3) is 5.91 Å². The first-order chi connectivity index (χ1) is 10.3. The highest BCUT2D eigenvalue weighted by molar-refractivity contribution is 6.32. The minimum absolute atomic E-state index is 0.0345. The predicted octanol–water partition coefficient (Wildman–Crippen LogP) is 1.70. The van der Waals surface area contributed by atoms with E-state index in [-0.39, 0.29) is 19.6 Å². The Labute approximate surface area is 133 Å². The molecule has 0 spiro atoms. The van der Waals surface area contributed by atoms with E-state index in [1.807, 2.05) is 13.8 Å². The molecule has 1 amide bonds. The van der Waals surface area contributed by atoms with Gasteiger partial charge in [-0.25, -0.2) is 4.79 Å². The summed E-state index contributed by atoms with van der Waals surface area (Å²) in [6.07, 6.45) is 0.243. The molecule has 1 aromatic rings. The molecule has 120 valence electrons. The maximum atomic E-state index is 11.9. The molecule has 7 heteroatoms. The minimum Gasteiger partial charge on any atom is -0.484 e. The van der Waals surface area contributed by atoms with Gasteiger partial charge in [0.05, 0.1) is 6.61 Å². The molecule has 2 N–H and O–H groups in total. The monoisotopic (exact) mass is 327 g/mol. The Bertz CT molecular complexity index is 573. The number of hydrogen-bond donors (Lipinski definition) is 2. The number of carboxylic acids is 1. The molecule has 0 radical (unpaired) electrons. The Morgan fingerprint density at radius 2 is 2.05 bits per heavy atom. The van der Waals surface area contributed by atoms with Gasteiger partial charge in [-0.1, -0.05) is 11.6 Å². The molecule has 1 aliphatic heterocycles. The van der Waals surface area contributed by atoms with Crippen LogP contribution in [0.3, 0.4) is 0 Å². The molecular formula is C15H18ClNO5. The number of nitrogens with one attached hydrogen (secondary N) is 1. The van der Waals surface area contributed by atoms with Crippen molar-refractivity contribution < 1.29 is 24.2 Å². The van der Waals surface area contributed by atoms with Gasteiger partial charge in [-0.3, -0.25) is 4.79 Å². The predicted molar refractivity (Wildman–Crippen MR) is 80.4 cm³/mol. The quantitative estimate of drug-likeness (QED) is 0.859. The molecule has 0 saturated carbocycles. The molecule has 1 unspecified atom stereocenters. The van der Waals surface area contributed by atoms with E-state index in [4.69, 9.17) is 21.1 Å². The summed E-state index contributed by atoms with van der Waals surface area (Å²) in [5.74, 6) is -1.09. The lowest BCUT2D eigenvalue weighted by Crippen LogP contribution is -2.56. The summed E-state index contributed by atoms with van der Waals surface area (Å²) in [7, 11) is 0. The molecule has 1 saturated heterocycles. The van der Waals surface area contributed by atoms with Crippen LogP contribution in [-0.4, -0.2) is 42.3 Å². The fourth-order valence-corrected chi connectivity index (χ4v) is 2.44. The van der Waals surface area contributed by atoms with Crippen LogP contribution in [-0.2, 0) is 14.3 Å². The molecule has 1 aromatic carbocycles. The largest absolute Gasteiger partial charge is 0.484 e. The zero-order valence-electron chi connectivity index (χ0n) is 12.4. The summed E-state index contributed by atoms with van der Waals surface area (Å²) in [5, 5.41) is 12.4. The molecule has 22 heavy (non-hydrogen) atoms. The smallest absolute Gasteiger partial charge is 0.331 e. The zero-order valence-corrected chi connectivity index (χ0v) is 13.2. The van der Waals surface area contributed by atoms with Crippen molar-refractivity contribution in [3.8, 4) is 5.75 Å². The van der Waals surface area contributed by atoms with Crippen LogP contribution < -0.4 is 10.1 Å². The third-order valence-corrected chi connectivity index (χ3v) is 4.19. The number of carboxylic acid groups (broad SMARTS) is 1. The summed E-state index contributed by atoms with van der Waals surface area (Å²) in [5.41, 5.74) is 0.346. The second kappa shape index (κ2) is 6.54. The van der Waals surface area contributed by atoms with Crippen molar-refractivity contribution in [1.29, 1.82) is 0 Å². The Kier molecular flexibility index (Phi) is 4.93. The van der Waals surface area contributed by atoms with Gasteiger partial charge in [-0.05, 0) is 37.1 Å². The van der Waals surface area contributed by atoms with Crippen LogP contribution in [0.5, 0.6) is 5.75 Å². The van der Waals surface area contributed by atoms with Gasteiger partial charge in [0.2, 0.25) is 0 Å². The van der Waals surface area contributed by atoms with Gasteiger partial charge in [0.1, 0.15) is 5.75 Å². The Morgan fingerprint density at radius 1 is 1.41 bits per heavy atom. The van der Waals surface area contributed by atoms with E-state index < -0.39 is 17.4 Å².